The van der Waals surface area contributed by atoms with Crippen LogP contribution in [0, 0.1) is 22.9 Å². The number of nitrogens with one attached hydrogen (secondary N) is 1. The van der Waals surface area contributed by atoms with Crippen molar-refractivity contribution in [2.24, 2.45) is 0 Å². The fraction of sp³-hybridized carbons (Fsp3) is 0.167. The van der Waals surface area contributed by atoms with Gasteiger partial charge >= 0.3 is 0 Å². The Morgan fingerprint density at radius 1 is 1.47 bits per heavy atom. The van der Waals surface area contributed by atoms with Crippen molar-refractivity contribution in [2.45, 2.75) is 13.5 Å². The summed E-state index contributed by atoms with van der Waals surface area (Å²) in [6.07, 6.45) is 0. The Hall–Kier alpha value is -2.08. The number of furan rings is 1. The Bertz CT molecular complexity index is 627. The van der Waals surface area contributed by atoms with Gasteiger partial charge < -0.3 is 9.73 Å². The van der Waals surface area contributed by atoms with E-state index in [1.807, 2.05) is 0 Å². The van der Waals surface area contributed by atoms with Crippen molar-refractivity contribution in [2.75, 3.05) is 5.32 Å². The molecule has 0 unspecified atom stereocenters. The van der Waals surface area contributed by atoms with E-state index >= 15 is 0 Å². The van der Waals surface area contributed by atoms with Crippen LogP contribution in [0.2, 0.25) is 5.02 Å². The van der Waals surface area contributed by atoms with Crippen molar-refractivity contribution in [3.63, 3.8) is 0 Å². The molecule has 1 heterocycles. The van der Waals surface area contributed by atoms with Crippen LogP contribution >= 0.6 is 11.6 Å². The minimum atomic E-state index is -0.826. The van der Waals surface area contributed by atoms with Crippen molar-refractivity contribution >= 4 is 23.0 Å². The minimum absolute atomic E-state index is 0.144. The zero-order chi connectivity index (χ0) is 14.0. The van der Waals surface area contributed by atoms with Crippen LogP contribution in [0.1, 0.15) is 11.5 Å². The lowest BCUT2D eigenvalue weighted by atomic mass is 10.2. The summed E-state index contributed by atoms with van der Waals surface area (Å²) >= 11 is 5.62. The molecule has 5 nitrogen and oxygen atoms in total. The molecule has 0 aliphatic rings. The van der Waals surface area contributed by atoms with Gasteiger partial charge in [0, 0.05) is 0 Å². The van der Waals surface area contributed by atoms with E-state index in [4.69, 9.17) is 16.0 Å². The van der Waals surface area contributed by atoms with Crippen LogP contribution < -0.4 is 5.32 Å². The summed E-state index contributed by atoms with van der Waals surface area (Å²) in [4.78, 5) is 10.2. The molecule has 19 heavy (non-hydrogen) atoms. The van der Waals surface area contributed by atoms with Crippen molar-refractivity contribution in [1.29, 1.82) is 0 Å². The molecule has 0 spiro atoms. The number of nitro groups is 1. The van der Waals surface area contributed by atoms with Crippen molar-refractivity contribution in [3.05, 3.63) is 56.7 Å². The topological polar surface area (TPSA) is 68.3 Å². The standard InChI is InChI=1S/C12H10ClFN2O3/c1-7-2-3-8(19-7)6-15-11-4-9(13)10(14)5-12(11)16(17)18/h2-5,15H,6H2,1H3. The predicted molar refractivity (Wildman–Crippen MR) is 68.8 cm³/mol. The highest BCUT2D eigenvalue weighted by Crippen LogP contribution is 2.30. The van der Waals surface area contributed by atoms with Gasteiger partial charge in [0.15, 0.2) is 0 Å². The SMILES string of the molecule is Cc1ccc(CNc2cc(Cl)c(F)cc2[N+](=O)[O-])o1. The summed E-state index contributed by atoms with van der Waals surface area (Å²) in [7, 11) is 0. The molecular formula is C12H10ClFN2O3. The van der Waals surface area contributed by atoms with Gasteiger partial charge in [-0.3, -0.25) is 10.1 Å². The second kappa shape index (κ2) is 5.27. The largest absolute Gasteiger partial charge is 0.465 e. The summed E-state index contributed by atoms with van der Waals surface area (Å²) in [5.41, 5.74) is -0.226. The third-order valence-corrected chi connectivity index (χ3v) is 2.77. The molecule has 0 aliphatic heterocycles. The van der Waals surface area contributed by atoms with Gasteiger partial charge in [-0.05, 0) is 25.1 Å². The number of benzene rings is 1. The molecule has 2 aromatic rings. The Labute approximate surface area is 113 Å². The number of anilines is 1. The number of nitrogens with zero attached hydrogens (tertiary/aromatic N) is 1. The van der Waals surface area contributed by atoms with E-state index in [0.29, 0.717) is 5.76 Å². The van der Waals surface area contributed by atoms with Crippen LogP contribution in [-0.4, -0.2) is 4.92 Å². The first kappa shape index (κ1) is 13.4. The normalized spacial score (nSPS) is 10.5. The van der Waals surface area contributed by atoms with Crippen LogP contribution in [0.15, 0.2) is 28.7 Å². The number of aryl methyl sites for hydroxylation is 1. The van der Waals surface area contributed by atoms with Gasteiger partial charge in [0.25, 0.3) is 5.69 Å². The molecule has 0 aliphatic carbocycles. The maximum atomic E-state index is 13.2. The molecule has 1 aromatic carbocycles. The molecule has 1 aromatic heterocycles. The second-order valence-electron chi connectivity index (χ2n) is 3.91. The molecule has 0 bridgehead atoms. The molecular weight excluding hydrogens is 275 g/mol. The summed E-state index contributed by atoms with van der Waals surface area (Å²) in [5.74, 6) is 0.531. The van der Waals surface area contributed by atoms with Crippen LogP contribution in [-0.2, 0) is 6.54 Å². The van der Waals surface area contributed by atoms with E-state index in [1.54, 1.807) is 19.1 Å². The fourth-order valence-electron chi connectivity index (χ4n) is 1.59. The number of hydrogen-bond acceptors (Lipinski definition) is 4. The van der Waals surface area contributed by atoms with Crippen LogP contribution in [0.5, 0.6) is 0 Å². The zero-order valence-electron chi connectivity index (χ0n) is 9.94. The smallest absolute Gasteiger partial charge is 0.295 e. The Kier molecular flexibility index (Phi) is 3.71. The number of halogens is 2. The first-order valence-corrected chi connectivity index (χ1v) is 5.78. The number of rotatable bonds is 4. The first-order valence-electron chi connectivity index (χ1n) is 5.40. The predicted octanol–water partition coefficient (Wildman–Crippen LogP) is 3.90. The van der Waals surface area contributed by atoms with Gasteiger partial charge in [-0.1, -0.05) is 11.6 Å². The van der Waals surface area contributed by atoms with Gasteiger partial charge in [0.2, 0.25) is 0 Å². The monoisotopic (exact) mass is 284 g/mol. The van der Waals surface area contributed by atoms with Crippen LogP contribution in [0.4, 0.5) is 15.8 Å². The molecule has 0 radical (unpaired) electrons. The summed E-state index contributed by atoms with van der Waals surface area (Å²) in [6.45, 7) is 2.04. The van der Waals surface area contributed by atoms with Gasteiger partial charge in [-0.15, -0.1) is 0 Å². The third kappa shape index (κ3) is 3.03. The van der Waals surface area contributed by atoms with Crippen LogP contribution in [0.25, 0.3) is 0 Å². The Balaban J connectivity index is 2.23. The Morgan fingerprint density at radius 3 is 2.79 bits per heavy atom. The lowest BCUT2D eigenvalue weighted by Crippen LogP contribution is -2.02. The van der Waals surface area contributed by atoms with E-state index in [1.165, 1.54) is 6.07 Å². The maximum Gasteiger partial charge on any atom is 0.295 e. The Morgan fingerprint density at radius 2 is 2.21 bits per heavy atom. The van der Waals surface area contributed by atoms with Crippen LogP contribution in [0.3, 0.4) is 0 Å². The molecule has 2 rings (SSSR count). The van der Waals surface area contributed by atoms with Gasteiger partial charge in [0.05, 0.1) is 22.6 Å². The fourth-order valence-corrected chi connectivity index (χ4v) is 1.76. The molecule has 0 atom stereocenters. The highest BCUT2D eigenvalue weighted by molar-refractivity contribution is 6.31. The maximum absolute atomic E-state index is 13.2. The molecule has 7 heteroatoms. The zero-order valence-corrected chi connectivity index (χ0v) is 10.7. The van der Waals surface area contributed by atoms with E-state index in [0.717, 1.165) is 11.8 Å². The van der Waals surface area contributed by atoms with Crippen molar-refractivity contribution < 1.29 is 13.7 Å². The molecule has 0 amide bonds. The highest BCUT2D eigenvalue weighted by Gasteiger charge is 2.17. The third-order valence-electron chi connectivity index (χ3n) is 2.48. The summed E-state index contributed by atoms with van der Waals surface area (Å²) < 4.78 is 18.5. The summed E-state index contributed by atoms with van der Waals surface area (Å²) in [6, 6.07) is 5.51. The van der Waals surface area contributed by atoms with E-state index in [2.05, 4.69) is 5.32 Å². The highest BCUT2D eigenvalue weighted by atomic mass is 35.5. The number of hydrogen-bond donors (Lipinski definition) is 1. The average molecular weight is 285 g/mol. The van der Waals surface area contributed by atoms with Crippen molar-refractivity contribution in [3.8, 4) is 0 Å². The lowest BCUT2D eigenvalue weighted by Gasteiger charge is -2.06. The average Bonchev–Trinajstić information content (AvgIpc) is 2.76. The van der Waals surface area contributed by atoms with E-state index in [-0.39, 0.29) is 22.9 Å². The minimum Gasteiger partial charge on any atom is -0.465 e. The molecule has 0 saturated carbocycles. The lowest BCUT2D eigenvalue weighted by molar-refractivity contribution is -0.384. The van der Waals surface area contributed by atoms with Gasteiger partial charge in [-0.25, -0.2) is 4.39 Å². The van der Waals surface area contributed by atoms with E-state index in [9.17, 15) is 14.5 Å². The van der Waals surface area contributed by atoms with Crippen molar-refractivity contribution in [1.82, 2.24) is 0 Å². The molecule has 0 saturated heterocycles. The molecule has 0 fully saturated rings. The first-order chi connectivity index (χ1) is 8.97. The van der Waals surface area contributed by atoms with Gasteiger partial charge in [-0.2, -0.15) is 0 Å². The number of nitro benzene ring substituents is 1. The summed E-state index contributed by atoms with van der Waals surface area (Å²) in [5, 5.41) is 13.5. The van der Waals surface area contributed by atoms with Gasteiger partial charge in [0.1, 0.15) is 23.0 Å². The molecule has 1 N–H and O–H groups in total. The quantitative estimate of drug-likeness (QED) is 0.683. The second-order valence-corrected chi connectivity index (χ2v) is 4.31. The molecule has 100 valence electrons. The van der Waals surface area contributed by atoms with E-state index < -0.39 is 10.7 Å².